The third kappa shape index (κ3) is 3.53. The predicted octanol–water partition coefficient (Wildman–Crippen LogP) is 0.0666. The number of H-pyrrole nitrogens is 1. The van der Waals surface area contributed by atoms with Gasteiger partial charge in [-0.05, 0) is 13.0 Å². The summed E-state index contributed by atoms with van der Waals surface area (Å²) in [5.41, 5.74) is -0.337. The van der Waals surface area contributed by atoms with Gasteiger partial charge in [0.1, 0.15) is 0 Å². The SMILES string of the molecule is CC#CCCNS(=O)(=O)c1ccc(=O)[nH]c1. The Hall–Kier alpha value is -1.58. The van der Waals surface area contributed by atoms with Crippen molar-refractivity contribution >= 4 is 10.0 Å². The molecule has 16 heavy (non-hydrogen) atoms. The molecule has 1 heterocycles. The zero-order chi connectivity index (χ0) is 12.0. The van der Waals surface area contributed by atoms with Crippen LogP contribution in [0.25, 0.3) is 0 Å². The first kappa shape index (κ1) is 12.5. The maximum absolute atomic E-state index is 11.6. The summed E-state index contributed by atoms with van der Waals surface area (Å²) in [7, 11) is -3.55. The Morgan fingerprint density at radius 3 is 2.75 bits per heavy atom. The summed E-state index contributed by atoms with van der Waals surface area (Å²) in [6.45, 7) is 1.94. The van der Waals surface area contributed by atoms with Crippen LogP contribution in [0, 0.1) is 11.8 Å². The predicted molar refractivity (Wildman–Crippen MR) is 60.3 cm³/mol. The van der Waals surface area contributed by atoms with Gasteiger partial charge in [0.25, 0.3) is 0 Å². The molecular weight excluding hydrogens is 228 g/mol. The molecule has 6 heteroatoms. The third-order valence-electron chi connectivity index (χ3n) is 1.78. The minimum Gasteiger partial charge on any atom is -0.328 e. The van der Waals surface area contributed by atoms with E-state index in [2.05, 4.69) is 21.5 Å². The lowest BCUT2D eigenvalue weighted by molar-refractivity contribution is 0.582. The molecule has 0 radical (unpaired) electrons. The Labute approximate surface area is 93.9 Å². The summed E-state index contributed by atoms with van der Waals surface area (Å²) < 4.78 is 25.6. The number of nitrogens with one attached hydrogen (secondary N) is 2. The van der Waals surface area contributed by atoms with Crippen LogP contribution in [0.1, 0.15) is 13.3 Å². The minimum atomic E-state index is -3.55. The maximum Gasteiger partial charge on any atom is 0.247 e. The number of pyridine rings is 1. The highest BCUT2D eigenvalue weighted by Gasteiger charge is 2.12. The van der Waals surface area contributed by atoms with E-state index < -0.39 is 10.0 Å². The van der Waals surface area contributed by atoms with Gasteiger partial charge in [-0.25, -0.2) is 13.1 Å². The van der Waals surface area contributed by atoms with Crippen molar-refractivity contribution in [1.82, 2.24) is 9.71 Å². The summed E-state index contributed by atoms with van der Waals surface area (Å²) in [4.78, 5) is 13.1. The number of hydrogen-bond donors (Lipinski definition) is 2. The van der Waals surface area contributed by atoms with Crippen LogP contribution in [0.5, 0.6) is 0 Å². The van der Waals surface area contributed by atoms with Crippen LogP contribution >= 0.6 is 0 Å². The minimum absolute atomic E-state index is 0.0385. The standard InChI is InChI=1S/C10H12N2O3S/c1-2-3-4-7-12-16(14,15)9-5-6-10(13)11-8-9/h5-6,8,12H,4,7H2,1H3,(H,11,13). The van der Waals surface area contributed by atoms with Gasteiger partial charge in [0.05, 0.1) is 4.90 Å². The van der Waals surface area contributed by atoms with Crippen LogP contribution in [-0.4, -0.2) is 19.9 Å². The van der Waals surface area contributed by atoms with Crippen LogP contribution < -0.4 is 10.3 Å². The van der Waals surface area contributed by atoms with Crippen molar-refractivity contribution in [3.05, 3.63) is 28.7 Å². The fourth-order valence-corrected chi connectivity index (χ4v) is 2.02. The monoisotopic (exact) mass is 240 g/mol. The Morgan fingerprint density at radius 2 is 2.19 bits per heavy atom. The molecule has 0 unspecified atom stereocenters. The molecule has 0 aliphatic rings. The average molecular weight is 240 g/mol. The smallest absolute Gasteiger partial charge is 0.247 e. The average Bonchev–Trinajstić information content (AvgIpc) is 2.25. The van der Waals surface area contributed by atoms with Gasteiger partial charge < -0.3 is 4.98 Å². The van der Waals surface area contributed by atoms with Gasteiger partial charge in [0.15, 0.2) is 0 Å². The van der Waals surface area contributed by atoms with Crippen molar-refractivity contribution in [1.29, 1.82) is 0 Å². The second-order valence-electron chi connectivity index (χ2n) is 2.96. The van der Waals surface area contributed by atoms with Gasteiger partial charge in [-0.15, -0.1) is 11.8 Å². The van der Waals surface area contributed by atoms with E-state index in [4.69, 9.17) is 0 Å². The van der Waals surface area contributed by atoms with E-state index in [1.807, 2.05) is 0 Å². The Morgan fingerprint density at radius 1 is 1.44 bits per heavy atom. The zero-order valence-corrected chi connectivity index (χ0v) is 9.60. The van der Waals surface area contributed by atoms with Gasteiger partial charge in [-0.1, -0.05) is 0 Å². The van der Waals surface area contributed by atoms with Crippen LogP contribution in [0.15, 0.2) is 28.0 Å². The van der Waals surface area contributed by atoms with E-state index in [0.717, 1.165) is 6.20 Å². The third-order valence-corrected chi connectivity index (χ3v) is 3.24. The molecule has 0 spiro atoms. The van der Waals surface area contributed by atoms with E-state index in [1.165, 1.54) is 12.1 Å². The van der Waals surface area contributed by atoms with E-state index in [1.54, 1.807) is 6.92 Å². The molecule has 0 saturated carbocycles. The molecule has 1 aromatic rings. The number of aromatic amines is 1. The quantitative estimate of drug-likeness (QED) is 0.577. The van der Waals surface area contributed by atoms with Crippen LogP contribution in [0.4, 0.5) is 0 Å². The lowest BCUT2D eigenvalue weighted by Gasteiger charge is -2.03. The molecule has 0 saturated heterocycles. The van der Waals surface area contributed by atoms with Crippen LogP contribution in [-0.2, 0) is 10.0 Å². The van der Waals surface area contributed by atoms with E-state index in [0.29, 0.717) is 6.42 Å². The van der Waals surface area contributed by atoms with Crippen molar-refractivity contribution in [2.45, 2.75) is 18.2 Å². The van der Waals surface area contributed by atoms with E-state index in [9.17, 15) is 13.2 Å². The number of rotatable bonds is 4. The first-order valence-electron chi connectivity index (χ1n) is 4.64. The van der Waals surface area contributed by atoms with E-state index in [-0.39, 0.29) is 17.0 Å². The second-order valence-corrected chi connectivity index (χ2v) is 4.73. The summed E-state index contributed by atoms with van der Waals surface area (Å²) in [6.07, 6.45) is 1.62. The summed E-state index contributed by atoms with van der Waals surface area (Å²) in [6, 6.07) is 2.42. The molecule has 0 aliphatic carbocycles. The number of sulfonamides is 1. The van der Waals surface area contributed by atoms with Gasteiger partial charge in [0.2, 0.25) is 15.6 Å². The fourth-order valence-electron chi connectivity index (χ4n) is 1.02. The maximum atomic E-state index is 11.6. The molecule has 5 nitrogen and oxygen atoms in total. The highest BCUT2D eigenvalue weighted by molar-refractivity contribution is 7.89. The molecule has 0 aliphatic heterocycles. The molecule has 0 aromatic carbocycles. The fraction of sp³-hybridized carbons (Fsp3) is 0.300. The first-order chi connectivity index (χ1) is 7.56. The van der Waals surface area contributed by atoms with Crippen LogP contribution in [0.2, 0.25) is 0 Å². The molecule has 0 fully saturated rings. The van der Waals surface area contributed by atoms with Crippen molar-refractivity contribution in [3.8, 4) is 11.8 Å². The van der Waals surface area contributed by atoms with Gasteiger partial charge in [-0.3, -0.25) is 4.79 Å². The number of hydrogen-bond acceptors (Lipinski definition) is 3. The zero-order valence-electron chi connectivity index (χ0n) is 8.78. The van der Waals surface area contributed by atoms with Crippen LogP contribution in [0.3, 0.4) is 0 Å². The van der Waals surface area contributed by atoms with Crippen molar-refractivity contribution in [3.63, 3.8) is 0 Å². The normalized spacial score (nSPS) is 10.6. The molecular formula is C10H12N2O3S. The Balaban J connectivity index is 2.73. The largest absolute Gasteiger partial charge is 0.328 e. The molecule has 0 atom stereocenters. The summed E-state index contributed by atoms with van der Waals surface area (Å²) >= 11 is 0. The summed E-state index contributed by atoms with van der Waals surface area (Å²) in [5, 5.41) is 0. The van der Waals surface area contributed by atoms with Crippen molar-refractivity contribution in [2.75, 3.05) is 6.54 Å². The second kappa shape index (κ2) is 5.49. The van der Waals surface area contributed by atoms with E-state index >= 15 is 0 Å². The number of aromatic nitrogens is 1. The molecule has 86 valence electrons. The van der Waals surface area contributed by atoms with Crippen molar-refractivity contribution in [2.24, 2.45) is 0 Å². The molecule has 2 N–H and O–H groups in total. The lowest BCUT2D eigenvalue weighted by atomic mass is 10.4. The first-order valence-corrected chi connectivity index (χ1v) is 6.12. The highest BCUT2D eigenvalue weighted by Crippen LogP contribution is 2.03. The van der Waals surface area contributed by atoms with Gasteiger partial charge >= 0.3 is 0 Å². The Kier molecular flexibility index (Phi) is 4.28. The Bertz CT molecular complexity index is 543. The molecule has 1 aromatic heterocycles. The lowest BCUT2D eigenvalue weighted by Crippen LogP contribution is -2.25. The molecule has 0 amide bonds. The van der Waals surface area contributed by atoms with Gasteiger partial charge in [-0.2, -0.15) is 0 Å². The molecule has 1 rings (SSSR count). The molecule has 0 bridgehead atoms. The van der Waals surface area contributed by atoms with Crippen molar-refractivity contribution < 1.29 is 8.42 Å². The highest BCUT2D eigenvalue weighted by atomic mass is 32.2. The summed E-state index contributed by atoms with van der Waals surface area (Å²) in [5.74, 6) is 5.42. The van der Waals surface area contributed by atoms with Gasteiger partial charge in [0, 0.05) is 25.2 Å². The topological polar surface area (TPSA) is 79.0 Å².